The molecule has 637 valence electrons. The molecule has 6 aromatic carbocycles. The van der Waals surface area contributed by atoms with Crippen LogP contribution in [-0.4, -0.2) is 190 Å². The van der Waals surface area contributed by atoms with E-state index < -0.39 is 7.12 Å². The minimum atomic E-state index is -0.445. The molecule has 4 aromatic heterocycles. The van der Waals surface area contributed by atoms with E-state index in [-0.39, 0.29) is 42.9 Å². The monoisotopic (exact) mass is 1940 g/mol. The maximum Gasteiger partial charge on any atom is 0.494 e. The number of aromatic nitrogens is 2. The number of benzene rings is 6. The number of furan rings is 2. The van der Waals surface area contributed by atoms with Crippen molar-refractivity contribution >= 4 is 164 Å². The van der Waals surface area contributed by atoms with Gasteiger partial charge in [0, 0.05) is 188 Å². The average Bonchev–Trinajstić information content (AvgIpc) is 1.62. The largest absolute Gasteiger partial charge is 0.494 e. The van der Waals surface area contributed by atoms with Gasteiger partial charge in [0.2, 0.25) is 0 Å². The number of fused-ring (bicyclic) bond motifs is 2. The summed E-state index contributed by atoms with van der Waals surface area (Å²) in [5.74, 6) is 1.27. The molecule has 121 heavy (non-hydrogen) atoms. The number of anilines is 4. The van der Waals surface area contributed by atoms with Gasteiger partial charge in [-0.2, -0.15) is 30.2 Å². The van der Waals surface area contributed by atoms with E-state index in [0.29, 0.717) is 90.8 Å². The van der Waals surface area contributed by atoms with E-state index in [2.05, 4.69) is 132 Å². The summed E-state index contributed by atoms with van der Waals surface area (Å²) in [6.45, 7) is 14.4. The Kier molecular flexibility index (Phi) is 38.7. The second kappa shape index (κ2) is 47.9. The quantitative estimate of drug-likeness (QED) is 0.0459. The zero-order chi connectivity index (χ0) is 86.8. The lowest BCUT2D eigenvalue weighted by atomic mass is 9.78. The lowest BCUT2D eigenvalue weighted by Crippen LogP contribution is -2.41. The number of nitrogens with zero attached hydrogens (tertiary/aromatic N) is 11. The number of hydrogen-bond donors (Lipinski definition) is 1. The Hall–Kier alpha value is -8.61. The highest BCUT2D eigenvalue weighted by Gasteiger charge is 2.52. The molecule has 22 nitrogen and oxygen atoms in total. The molecule has 9 heterocycles. The maximum absolute atomic E-state index is 12.2. The first-order chi connectivity index (χ1) is 57.7. The van der Waals surface area contributed by atoms with Crippen molar-refractivity contribution in [2.75, 3.05) is 127 Å². The van der Waals surface area contributed by atoms with Gasteiger partial charge in [-0.05, 0) is 193 Å². The molecule has 15 rings (SSSR count). The third kappa shape index (κ3) is 26.0. The van der Waals surface area contributed by atoms with Gasteiger partial charge in [-0.1, -0.05) is 110 Å². The van der Waals surface area contributed by atoms with Crippen LogP contribution < -0.4 is 25.5 Å². The molecule has 1 unspecified atom stereocenters. The molecule has 2 amide bonds. The van der Waals surface area contributed by atoms with Crippen LogP contribution in [-0.2, 0) is 28.3 Å². The first kappa shape index (κ1) is 97.8. The summed E-state index contributed by atoms with van der Waals surface area (Å²) in [7, 11) is 15.9. The van der Waals surface area contributed by atoms with Crippen molar-refractivity contribution in [3.05, 3.63) is 205 Å². The van der Waals surface area contributed by atoms with Crippen LogP contribution in [0.4, 0.5) is 22.7 Å². The standard InChI is InChI=1S/C29H28N4O3.C19H27BN2O3.C16H13ClN2O2.C13H15BrN2O.C12H13BrN2O.CH3I.CH4.BH3P.ClH/c1-32(2)29(34)20-6-4-19(5-7-20)27-17-25-28(36-27)24(10-13-31-25)21-8-9-26(22(16-21)18-30)33(3)23-11-14-35-15-12-23;1-18(2)19(3,4)25-20(24-18)15-6-7-17(14(12-15)13-21)22(5)16-8-10-23-11-9-16;1-19(2)16(20)11-5-3-10(4-6-11)14-9-13-15(21-14)12(17)7-8-18-13;1-16(12-4-6-17-7-5-12)13-3-2-11(14)8-10(13)9-15;13-10-1-2-12(9(7-10)8-14)15-11-3-5-16-6-4-11;1-2;;1-2;/h4-10,13,16-17,23H,11-12,14-15H2,1-3H3;6-7,12,16H,8-11H2,1-5H3;3-9H,1-2H3;2-3,8,12H,4-7H2,1H3;1-2,7,11,15H,3-6H2;1H3;1H4;1H,2H2;1H/i;;;;;;;1D;. The van der Waals surface area contributed by atoms with E-state index in [0.717, 1.165) is 169 Å². The predicted molar refractivity (Wildman–Crippen MR) is 510 cm³/mol. The Balaban J connectivity index is 0.000000213. The number of hydrogen-bond acceptors (Lipinski definition) is 20. The first-order valence-electron chi connectivity index (χ1n) is 39.7. The Morgan fingerprint density at radius 3 is 1.31 bits per heavy atom. The van der Waals surface area contributed by atoms with Gasteiger partial charge in [0.25, 0.3) is 11.8 Å². The lowest BCUT2D eigenvalue weighted by Gasteiger charge is -2.33. The maximum atomic E-state index is 12.2. The molecule has 0 saturated carbocycles. The summed E-state index contributed by atoms with van der Waals surface area (Å²) in [6, 6.07) is 56.2. The Morgan fingerprint density at radius 2 is 0.884 bits per heavy atom. The van der Waals surface area contributed by atoms with E-state index in [1.54, 1.807) is 80.7 Å². The van der Waals surface area contributed by atoms with E-state index >= 15 is 0 Å². The van der Waals surface area contributed by atoms with Crippen LogP contribution in [0.3, 0.4) is 0 Å². The topological polar surface area (TPSA) is 265 Å². The van der Waals surface area contributed by atoms with Crippen molar-refractivity contribution in [3.63, 3.8) is 0 Å². The van der Waals surface area contributed by atoms with Crippen LogP contribution in [0.25, 0.3) is 56.0 Å². The Labute approximate surface area is 759 Å². The molecule has 5 saturated heterocycles. The number of ether oxygens (including phenoxy) is 4. The lowest BCUT2D eigenvalue weighted by molar-refractivity contribution is 0.00578. The van der Waals surface area contributed by atoms with Gasteiger partial charge < -0.3 is 66.9 Å². The van der Waals surface area contributed by atoms with E-state index in [4.69, 9.17) is 60.6 Å². The van der Waals surface area contributed by atoms with Crippen molar-refractivity contribution in [2.24, 2.45) is 0 Å². The van der Waals surface area contributed by atoms with Gasteiger partial charge >= 0.3 is 7.12 Å². The number of rotatable bonds is 14. The molecule has 0 aliphatic carbocycles. The molecular formula is C91H107B2Br2Cl2IN12O10P. The van der Waals surface area contributed by atoms with Gasteiger partial charge in [-0.15, -0.1) is 12.4 Å². The number of carbonyl (C=O) groups excluding carboxylic acids is 2. The number of amides is 2. The summed E-state index contributed by atoms with van der Waals surface area (Å²) in [6.07, 6.45) is 11.3. The molecule has 5 aliphatic rings. The minimum Gasteiger partial charge on any atom is -0.454 e. The van der Waals surface area contributed by atoms with Crippen molar-refractivity contribution < 1.29 is 46.7 Å². The fraction of sp³-hybridized carbons (Fsp3) is 0.385. The van der Waals surface area contributed by atoms with Crippen LogP contribution >= 0.6 is 87.6 Å². The first-order valence-corrected chi connectivity index (χ1v) is 43.9. The molecule has 1 N–H and O–H groups in total. The molecule has 0 bridgehead atoms. The highest BCUT2D eigenvalue weighted by molar-refractivity contribution is 14.1. The fourth-order valence-corrected chi connectivity index (χ4v) is 15.0. The third-order valence-corrected chi connectivity index (χ3v) is 22.9. The summed E-state index contributed by atoms with van der Waals surface area (Å²) >= 11 is 15.0. The number of carbonyl (C=O) groups is 2. The van der Waals surface area contributed by atoms with Gasteiger partial charge in [0.15, 0.2) is 11.2 Å². The van der Waals surface area contributed by atoms with Crippen LogP contribution in [0.2, 0.25) is 5.02 Å². The van der Waals surface area contributed by atoms with E-state index in [9.17, 15) is 20.1 Å². The van der Waals surface area contributed by atoms with E-state index in [1.807, 2.05) is 155 Å². The number of alkyl halides is 1. The van der Waals surface area contributed by atoms with Crippen molar-refractivity contribution in [3.8, 4) is 58.1 Å². The van der Waals surface area contributed by atoms with Crippen molar-refractivity contribution in [1.82, 2.24) is 19.8 Å². The SMILES string of the molecule is C.CI.CN(C)C(=O)c1ccc(-c2cc3nccc(-c4ccc(N(C)C5CCOCC5)c(C#N)c4)c3o2)cc1.CN(C)C(=O)c1ccc(-c2cc3nccc(Cl)c3o2)cc1.CN(c1ccc(B2OC(C)(C)C(C)(C)O2)cc1C#N)C1CCOCC1.CN(c1ccc(Br)cc1C#N)C1CCOCC1.Cl.N#Cc1cc(Br)ccc1NC1CCOCC1.[2H][B]P. The van der Waals surface area contributed by atoms with Gasteiger partial charge in [0.05, 0.1) is 61.2 Å². The second-order valence-corrected chi connectivity index (χ2v) is 32.4. The molecule has 1 radical (unpaired) electrons. The highest BCUT2D eigenvalue weighted by atomic mass is 127. The summed E-state index contributed by atoms with van der Waals surface area (Å²) < 4.78 is 53.7. The molecule has 5 fully saturated rings. The van der Waals surface area contributed by atoms with Crippen LogP contribution in [0.5, 0.6) is 0 Å². The summed E-state index contributed by atoms with van der Waals surface area (Å²) in [5.41, 5.74) is 14.0. The highest BCUT2D eigenvalue weighted by Crippen LogP contribution is 2.40. The Bertz CT molecular complexity index is 5240. The third-order valence-electron chi connectivity index (χ3n) is 21.6. The van der Waals surface area contributed by atoms with Crippen molar-refractivity contribution in [2.45, 2.75) is 122 Å². The summed E-state index contributed by atoms with van der Waals surface area (Å²) in [4.78, 5) is 44.4. The molecule has 0 spiro atoms. The van der Waals surface area contributed by atoms with Crippen LogP contribution in [0, 0.1) is 45.3 Å². The smallest absolute Gasteiger partial charge is 0.454 e. The molecular weight excluding hydrogens is 1830 g/mol. The predicted octanol–water partition coefficient (Wildman–Crippen LogP) is 19.3. The van der Waals surface area contributed by atoms with Crippen molar-refractivity contribution in [1.29, 1.82) is 22.4 Å². The fourth-order valence-electron chi connectivity index (χ4n) is 14.1. The molecule has 1 atom stereocenters. The zero-order valence-electron chi connectivity index (χ0n) is 70.8. The van der Waals surface area contributed by atoms with Gasteiger partial charge in [-0.25, -0.2) is 0 Å². The average molecular weight is 1940 g/mol. The molecule has 30 heteroatoms. The number of pyridine rings is 2. The normalized spacial score (nSPS) is 15.4. The van der Waals surface area contributed by atoms with Gasteiger partial charge in [0.1, 0.15) is 54.4 Å². The summed E-state index contributed by atoms with van der Waals surface area (Å²) in [5, 5.41) is 41.7. The Morgan fingerprint density at radius 1 is 0.521 bits per heavy atom. The number of nitrogens with one attached hydrogen (secondary N) is 1. The molecule has 10 aromatic rings. The minimum absolute atomic E-state index is 0. The number of halogens is 5. The second-order valence-electron chi connectivity index (χ2n) is 30.1. The van der Waals surface area contributed by atoms with Crippen LogP contribution in [0.1, 0.15) is 129 Å². The number of nitriles is 4. The molecule has 5 aliphatic heterocycles. The van der Waals surface area contributed by atoms with E-state index in [1.165, 1.54) is 7.53 Å². The zero-order valence-corrected chi connectivity index (χ0v) is 77.8. The van der Waals surface area contributed by atoms with Gasteiger partial charge in [-0.3, -0.25) is 19.6 Å². The van der Waals surface area contributed by atoms with Crippen LogP contribution in [0.15, 0.2) is 176 Å².